The summed E-state index contributed by atoms with van der Waals surface area (Å²) in [6, 6.07) is 0. The van der Waals surface area contributed by atoms with Gasteiger partial charge in [-0.1, -0.05) is 27.6 Å². The van der Waals surface area contributed by atoms with Gasteiger partial charge in [-0.2, -0.15) is 0 Å². The molecule has 1 amide bonds. The molecule has 4 nitrogen and oxygen atoms in total. The summed E-state index contributed by atoms with van der Waals surface area (Å²) in [4.78, 5) is 14.4. The lowest BCUT2D eigenvalue weighted by Crippen LogP contribution is -2.55. The van der Waals surface area contributed by atoms with Crippen LogP contribution < -0.4 is 0 Å². The number of halogens is 1. The van der Waals surface area contributed by atoms with Crippen LogP contribution in [0.4, 0.5) is 4.79 Å². The second-order valence-corrected chi connectivity index (χ2v) is 8.33. The van der Waals surface area contributed by atoms with Crippen molar-refractivity contribution < 1.29 is 14.3 Å². The largest absolute Gasteiger partial charge is 0.444 e. The molecule has 0 aromatic heterocycles. The molecule has 5 heteroatoms. The Morgan fingerprint density at radius 1 is 1.36 bits per heavy atom. The van der Waals surface area contributed by atoms with Crippen LogP contribution in [-0.4, -0.2) is 39.8 Å². The van der Waals surface area contributed by atoms with E-state index in [1.807, 2.05) is 34.6 Å². The number of allylic oxidation sites excluding steroid dienone is 2. The zero-order valence-electron chi connectivity index (χ0n) is 15.0. The summed E-state index contributed by atoms with van der Waals surface area (Å²) in [5, 5.41) is 0.876. The SMILES string of the molecule is C/C(=C\CC[C@@]1(C)COC(C)(C)N1C(=O)OC(C)(C)C)CBr. The van der Waals surface area contributed by atoms with E-state index in [-0.39, 0.29) is 11.6 Å². The first-order valence-electron chi connectivity index (χ1n) is 7.80. The topological polar surface area (TPSA) is 38.8 Å². The van der Waals surface area contributed by atoms with Crippen LogP contribution in [-0.2, 0) is 9.47 Å². The Kier molecular flexibility index (Phi) is 6.13. The van der Waals surface area contributed by atoms with Crippen molar-refractivity contribution in [1.29, 1.82) is 0 Å². The zero-order valence-corrected chi connectivity index (χ0v) is 16.5. The molecule has 0 aromatic carbocycles. The number of alkyl halides is 1. The fourth-order valence-corrected chi connectivity index (χ4v) is 2.96. The summed E-state index contributed by atoms with van der Waals surface area (Å²) in [6.07, 6.45) is 3.66. The van der Waals surface area contributed by atoms with Gasteiger partial charge in [0.1, 0.15) is 11.3 Å². The average Bonchev–Trinajstić information content (AvgIpc) is 2.57. The predicted octanol–water partition coefficient (Wildman–Crippen LogP) is 4.87. The van der Waals surface area contributed by atoms with Crippen LogP contribution in [0.25, 0.3) is 0 Å². The van der Waals surface area contributed by atoms with Crippen LogP contribution in [0.1, 0.15) is 61.3 Å². The smallest absolute Gasteiger partial charge is 0.413 e. The van der Waals surface area contributed by atoms with Gasteiger partial charge in [-0.15, -0.1) is 0 Å². The summed E-state index contributed by atoms with van der Waals surface area (Å²) in [7, 11) is 0. The van der Waals surface area contributed by atoms with Crippen molar-refractivity contribution in [3.8, 4) is 0 Å². The van der Waals surface area contributed by atoms with Crippen molar-refractivity contribution in [2.24, 2.45) is 0 Å². The molecule has 1 fully saturated rings. The van der Waals surface area contributed by atoms with Crippen LogP contribution in [0, 0.1) is 0 Å². The van der Waals surface area contributed by atoms with Crippen molar-refractivity contribution >= 4 is 22.0 Å². The Bertz CT molecular complexity index is 440. The highest BCUT2D eigenvalue weighted by Crippen LogP contribution is 2.39. The molecule has 0 aliphatic carbocycles. The van der Waals surface area contributed by atoms with Gasteiger partial charge in [0.05, 0.1) is 12.1 Å². The van der Waals surface area contributed by atoms with E-state index in [4.69, 9.17) is 9.47 Å². The maximum Gasteiger partial charge on any atom is 0.413 e. The van der Waals surface area contributed by atoms with E-state index in [9.17, 15) is 4.79 Å². The Morgan fingerprint density at radius 3 is 2.45 bits per heavy atom. The first-order valence-corrected chi connectivity index (χ1v) is 8.92. The lowest BCUT2D eigenvalue weighted by atomic mass is 9.94. The van der Waals surface area contributed by atoms with E-state index in [1.165, 1.54) is 5.57 Å². The minimum atomic E-state index is -0.648. The monoisotopic (exact) mass is 375 g/mol. The highest BCUT2D eigenvalue weighted by molar-refractivity contribution is 9.09. The van der Waals surface area contributed by atoms with Crippen LogP contribution in [0.5, 0.6) is 0 Å². The van der Waals surface area contributed by atoms with Gasteiger partial charge in [-0.3, -0.25) is 4.90 Å². The molecule has 1 rings (SSSR count). The standard InChI is InChI=1S/C17H30BrNO3/c1-13(11-18)9-8-10-17(7)12-21-16(5,6)19(17)14(20)22-15(2,3)4/h9H,8,10-12H2,1-7H3/b13-9+/t17-/m0/s1. The number of rotatable bonds is 4. The fourth-order valence-electron chi connectivity index (χ4n) is 2.73. The molecule has 1 saturated heterocycles. The van der Waals surface area contributed by atoms with Crippen LogP contribution in [0.15, 0.2) is 11.6 Å². The summed E-state index contributed by atoms with van der Waals surface area (Å²) < 4.78 is 11.5. The molecule has 22 heavy (non-hydrogen) atoms. The number of carbonyl (C=O) groups is 1. The highest BCUT2D eigenvalue weighted by atomic mass is 79.9. The second kappa shape index (κ2) is 6.91. The Morgan fingerprint density at radius 2 is 1.95 bits per heavy atom. The molecule has 1 heterocycles. The van der Waals surface area contributed by atoms with E-state index < -0.39 is 11.3 Å². The molecular weight excluding hydrogens is 346 g/mol. The van der Waals surface area contributed by atoms with E-state index in [1.54, 1.807) is 4.90 Å². The minimum absolute atomic E-state index is 0.307. The molecule has 0 aromatic rings. The zero-order chi connectivity index (χ0) is 17.2. The van der Waals surface area contributed by atoms with E-state index in [2.05, 4.69) is 35.9 Å². The quantitative estimate of drug-likeness (QED) is 0.519. The van der Waals surface area contributed by atoms with Crippen LogP contribution in [0.2, 0.25) is 0 Å². The summed E-state index contributed by atoms with van der Waals surface area (Å²) in [6.45, 7) is 14.2. The summed E-state index contributed by atoms with van der Waals surface area (Å²) in [5.74, 6) is 0. The van der Waals surface area contributed by atoms with Crippen molar-refractivity contribution in [1.82, 2.24) is 4.90 Å². The molecule has 0 unspecified atom stereocenters. The molecule has 128 valence electrons. The molecule has 0 bridgehead atoms. The molecule has 0 spiro atoms. The molecule has 0 radical (unpaired) electrons. The maximum atomic E-state index is 12.6. The number of carbonyl (C=O) groups excluding carboxylic acids is 1. The number of nitrogens with zero attached hydrogens (tertiary/aromatic N) is 1. The first-order chi connectivity index (χ1) is 9.91. The third kappa shape index (κ3) is 4.98. The average molecular weight is 376 g/mol. The normalized spacial score (nSPS) is 25.5. The number of hydrogen-bond acceptors (Lipinski definition) is 3. The maximum absolute atomic E-state index is 12.6. The third-order valence-corrected chi connectivity index (χ3v) is 4.66. The van der Waals surface area contributed by atoms with Crippen molar-refractivity contribution in [2.75, 3.05) is 11.9 Å². The molecule has 0 N–H and O–H groups in total. The Labute approximate surface area is 143 Å². The summed E-state index contributed by atoms with van der Waals surface area (Å²) in [5.41, 5.74) is -0.214. The van der Waals surface area contributed by atoms with Crippen molar-refractivity contribution in [3.05, 3.63) is 11.6 Å². The van der Waals surface area contributed by atoms with Gasteiger partial charge in [-0.25, -0.2) is 4.79 Å². The summed E-state index contributed by atoms with van der Waals surface area (Å²) >= 11 is 3.45. The molecule has 0 saturated carbocycles. The van der Waals surface area contributed by atoms with Gasteiger partial charge in [0.15, 0.2) is 0 Å². The van der Waals surface area contributed by atoms with Crippen molar-refractivity contribution in [2.45, 2.75) is 78.2 Å². The van der Waals surface area contributed by atoms with Gasteiger partial charge in [-0.05, 0) is 61.3 Å². The van der Waals surface area contributed by atoms with Gasteiger partial charge >= 0.3 is 6.09 Å². The molecule has 1 aliphatic rings. The van der Waals surface area contributed by atoms with Crippen molar-refractivity contribution in [3.63, 3.8) is 0 Å². The van der Waals surface area contributed by atoms with Crippen LogP contribution in [0.3, 0.4) is 0 Å². The number of amides is 1. The van der Waals surface area contributed by atoms with E-state index >= 15 is 0 Å². The first kappa shape index (κ1) is 19.5. The van der Waals surface area contributed by atoms with Gasteiger partial charge in [0.25, 0.3) is 0 Å². The van der Waals surface area contributed by atoms with Gasteiger partial charge in [0.2, 0.25) is 0 Å². The molecule has 1 aliphatic heterocycles. The Balaban J connectivity index is 2.90. The van der Waals surface area contributed by atoms with E-state index in [0.717, 1.165) is 18.2 Å². The number of ether oxygens (including phenoxy) is 2. The van der Waals surface area contributed by atoms with Crippen LogP contribution >= 0.6 is 15.9 Å². The second-order valence-electron chi connectivity index (χ2n) is 7.77. The molecular formula is C17H30BrNO3. The third-order valence-electron chi connectivity index (χ3n) is 3.78. The fraction of sp³-hybridized carbons (Fsp3) is 0.824. The Hall–Kier alpha value is -0.550. The lowest BCUT2D eigenvalue weighted by Gasteiger charge is -2.40. The highest BCUT2D eigenvalue weighted by Gasteiger charge is 2.52. The van der Waals surface area contributed by atoms with Gasteiger partial charge in [0, 0.05) is 5.33 Å². The number of hydrogen-bond donors (Lipinski definition) is 0. The molecule has 1 atom stereocenters. The predicted molar refractivity (Wildman–Crippen MR) is 93.3 cm³/mol. The lowest BCUT2D eigenvalue weighted by molar-refractivity contribution is -0.0683. The van der Waals surface area contributed by atoms with Gasteiger partial charge < -0.3 is 9.47 Å². The minimum Gasteiger partial charge on any atom is -0.444 e. The van der Waals surface area contributed by atoms with E-state index in [0.29, 0.717) is 6.61 Å².